The Morgan fingerprint density at radius 3 is 2.93 bits per heavy atom. The zero-order chi connectivity index (χ0) is 19.8. The minimum Gasteiger partial charge on any atom is -0.459 e. The third kappa shape index (κ3) is 3.31. The van der Waals surface area contributed by atoms with E-state index in [4.69, 9.17) is 21.6 Å². The van der Waals surface area contributed by atoms with Crippen molar-refractivity contribution in [3.8, 4) is 12.3 Å². The molecule has 1 fully saturated rings. The lowest BCUT2D eigenvalue weighted by atomic mass is 10.1. The summed E-state index contributed by atoms with van der Waals surface area (Å²) in [6, 6.07) is 0. The highest BCUT2D eigenvalue weighted by molar-refractivity contribution is 5.82. The lowest BCUT2D eigenvalue weighted by molar-refractivity contribution is -0.239. The number of terminal acetylenes is 1. The van der Waals surface area contributed by atoms with Crippen LogP contribution < -0.4 is 5.73 Å². The van der Waals surface area contributed by atoms with Crippen LogP contribution in [0.2, 0.25) is 0 Å². The Morgan fingerprint density at radius 2 is 2.30 bits per heavy atom. The molecule has 1 saturated heterocycles. The standard InChI is InChI=1S/C17H20FN5O4/c1-4-11-21-13(19)12-14(22-11)23(9-20-12)17(7-24)6-5-16(18,27-17)8-26-15(25)10(2)3/h1,9-10,24H,5-8H2,2-3H3,(H2,19,21,22)/t16-,17-/m0/s1. The molecule has 0 bridgehead atoms. The molecule has 9 nitrogen and oxygen atoms in total. The number of imidazole rings is 1. The van der Waals surface area contributed by atoms with Crippen LogP contribution in [0.1, 0.15) is 32.5 Å². The van der Waals surface area contributed by atoms with Crippen LogP contribution in [0.3, 0.4) is 0 Å². The van der Waals surface area contributed by atoms with Crippen molar-refractivity contribution < 1.29 is 23.8 Å². The third-order valence-electron chi connectivity index (χ3n) is 4.40. The molecular weight excluding hydrogens is 357 g/mol. The topological polar surface area (TPSA) is 125 Å². The van der Waals surface area contributed by atoms with Crippen LogP contribution in [0, 0.1) is 18.3 Å². The fraction of sp³-hybridized carbons (Fsp3) is 0.529. The highest BCUT2D eigenvalue weighted by atomic mass is 19.2. The molecule has 1 aliphatic rings. The summed E-state index contributed by atoms with van der Waals surface area (Å²) in [7, 11) is 0. The van der Waals surface area contributed by atoms with Gasteiger partial charge in [0.15, 0.2) is 23.8 Å². The zero-order valence-electron chi connectivity index (χ0n) is 15.0. The van der Waals surface area contributed by atoms with E-state index in [1.165, 1.54) is 10.9 Å². The fourth-order valence-corrected chi connectivity index (χ4v) is 2.91. The van der Waals surface area contributed by atoms with Gasteiger partial charge in [-0.15, -0.1) is 6.42 Å². The van der Waals surface area contributed by atoms with E-state index in [1.54, 1.807) is 13.8 Å². The number of aliphatic hydroxyl groups excluding tert-OH is 1. The lowest BCUT2D eigenvalue weighted by Gasteiger charge is -2.30. The highest BCUT2D eigenvalue weighted by Gasteiger charge is 2.52. The van der Waals surface area contributed by atoms with Crippen LogP contribution in [-0.4, -0.2) is 49.7 Å². The summed E-state index contributed by atoms with van der Waals surface area (Å²) >= 11 is 0. The summed E-state index contributed by atoms with van der Waals surface area (Å²) < 4.78 is 27.0. The van der Waals surface area contributed by atoms with Crippen molar-refractivity contribution in [1.82, 2.24) is 19.5 Å². The van der Waals surface area contributed by atoms with Crippen LogP contribution >= 0.6 is 0 Å². The van der Waals surface area contributed by atoms with Crippen molar-refractivity contribution >= 4 is 23.0 Å². The summed E-state index contributed by atoms with van der Waals surface area (Å²) in [4.78, 5) is 23.8. The highest BCUT2D eigenvalue weighted by Crippen LogP contribution is 2.43. The number of carbonyl (C=O) groups excluding carboxylic acids is 1. The predicted molar refractivity (Wildman–Crippen MR) is 92.7 cm³/mol. The van der Waals surface area contributed by atoms with Gasteiger partial charge in [0.2, 0.25) is 11.7 Å². The largest absolute Gasteiger partial charge is 0.459 e. The number of anilines is 1. The Kier molecular flexibility index (Phi) is 4.75. The van der Waals surface area contributed by atoms with E-state index in [9.17, 15) is 9.90 Å². The number of rotatable bonds is 5. The molecule has 2 aromatic rings. The van der Waals surface area contributed by atoms with Crippen LogP contribution in [0.4, 0.5) is 10.2 Å². The van der Waals surface area contributed by atoms with Gasteiger partial charge in [0.25, 0.3) is 0 Å². The second-order valence-electron chi connectivity index (χ2n) is 6.72. The molecule has 0 aliphatic carbocycles. The number of alkyl halides is 1. The molecule has 0 radical (unpaired) electrons. The number of aliphatic hydroxyl groups is 1. The molecule has 10 heteroatoms. The van der Waals surface area contributed by atoms with Crippen molar-refractivity contribution in [2.24, 2.45) is 5.92 Å². The number of nitrogens with zero attached hydrogens (tertiary/aromatic N) is 4. The summed E-state index contributed by atoms with van der Waals surface area (Å²) in [5.41, 5.74) is 4.82. The molecule has 144 valence electrons. The minimum absolute atomic E-state index is 0.0326. The Morgan fingerprint density at radius 1 is 1.56 bits per heavy atom. The Balaban J connectivity index is 1.93. The lowest BCUT2D eigenvalue weighted by Crippen LogP contribution is -2.41. The molecule has 27 heavy (non-hydrogen) atoms. The summed E-state index contributed by atoms with van der Waals surface area (Å²) in [6.07, 6.45) is 6.67. The molecule has 2 atom stereocenters. The van der Waals surface area contributed by atoms with Gasteiger partial charge in [-0.05, 0) is 5.92 Å². The molecule has 3 rings (SSSR count). The van der Waals surface area contributed by atoms with E-state index >= 15 is 4.39 Å². The van der Waals surface area contributed by atoms with Crippen LogP contribution in [0.25, 0.3) is 11.2 Å². The maximum Gasteiger partial charge on any atom is 0.308 e. The normalized spacial score (nSPS) is 25.0. The van der Waals surface area contributed by atoms with Gasteiger partial charge in [0.1, 0.15) is 5.52 Å². The number of nitrogen functional groups attached to an aromatic ring is 1. The second-order valence-corrected chi connectivity index (χ2v) is 6.72. The first-order chi connectivity index (χ1) is 12.7. The third-order valence-corrected chi connectivity index (χ3v) is 4.40. The van der Waals surface area contributed by atoms with E-state index in [1.807, 2.05) is 0 Å². The van der Waals surface area contributed by atoms with Crippen LogP contribution in [-0.2, 0) is 20.0 Å². The molecule has 0 amide bonds. The Bertz CT molecular complexity index is 924. The molecule has 0 saturated carbocycles. The van der Waals surface area contributed by atoms with Gasteiger partial charge in [-0.3, -0.25) is 9.36 Å². The first-order valence-corrected chi connectivity index (χ1v) is 8.38. The molecule has 3 heterocycles. The smallest absolute Gasteiger partial charge is 0.308 e. The van der Waals surface area contributed by atoms with Crippen molar-refractivity contribution in [2.75, 3.05) is 18.9 Å². The molecular formula is C17H20FN5O4. The van der Waals surface area contributed by atoms with Crippen molar-refractivity contribution in [3.63, 3.8) is 0 Å². The minimum atomic E-state index is -2.25. The van der Waals surface area contributed by atoms with E-state index in [2.05, 4.69) is 20.9 Å². The average Bonchev–Trinajstić information content (AvgIpc) is 3.22. The molecule has 0 spiro atoms. The number of fused-ring (bicyclic) bond motifs is 1. The SMILES string of the molecule is C#Cc1nc(N)c2ncn([C@@]3(CO)CC[C@@](F)(COC(=O)C(C)C)O3)c2n1. The van der Waals surface area contributed by atoms with Crippen molar-refractivity contribution in [3.05, 3.63) is 12.2 Å². The number of ether oxygens (including phenoxy) is 2. The van der Waals surface area contributed by atoms with Gasteiger partial charge >= 0.3 is 5.97 Å². The van der Waals surface area contributed by atoms with E-state index < -0.39 is 36.7 Å². The number of aromatic nitrogens is 4. The number of nitrogens with two attached hydrogens (primary N) is 1. The summed E-state index contributed by atoms with van der Waals surface area (Å²) in [5, 5.41) is 9.98. The fourth-order valence-electron chi connectivity index (χ4n) is 2.91. The summed E-state index contributed by atoms with van der Waals surface area (Å²) in [6.45, 7) is 2.15. The second kappa shape index (κ2) is 6.75. The maximum absolute atomic E-state index is 15.1. The quantitative estimate of drug-likeness (QED) is 0.576. The maximum atomic E-state index is 15.1. The Hall–Kier alpha value is -2.77. The molecule has 1 aliphatic heterocycles. The van der Waals surface area contributed by atoms with Crippen LogP contribution in [0.5, 0.6) is 0 Å². The Labute approximate surface area is 154 Å². The zero-order valence-corrected chi connectivity index (χ0v) is 15.0. The molecule has 0 aromatic carbocycles. The van der Waals surface area contributed by atoms with Gasteiger partial charge in [-0.2, -0.15) is 0 Å². The van der Waals surface area contributed by atoms with Gasteiger partial charge in [0, 0.05) is 12.8 Å². The van der Waals surface area contributed by atoms with Gasteiger partial charge in [0.05, 0.1) is 18.9 Å². The summed E-state index contributed by atoms with van der Waals surface area (Å²) in [5.74, 6) is -0.805. The number of esters is 1. The molecule has 0 unspecified atom stereocenters. The number of carbonyl (C=O) groups is 1. The van der Waals surface area contributed by atoms with E-state index in [0.29, 0.717) is 0 Å². The predicted octanol–water partition coefficient (Wildman–Crippen LogP) is 0.710. The van der Waals surface area contributed by atoms with Gasteiger partial charge in [-0.25, -0.2) is 19.3 Å². The van der Waals surface area contributed by atoms with Crippen molar-refractivity contribution in [2.45, 2.75) is 38.3 Å². The van der Waals surface area contributed by atoms with Gasteiger partial charge in [-0.1, -0.05) is 13.8 Å². The van der Waals surface area contributed by atoms with E-state index in [-0.39, 0.29) is 35.6 Å². The number of hydrogen-bond donors (Lipinski definition) is 2. The first-order valence-electron chi connectivity index (χ1n) is 8.38. The van der Waals surface area contributed by atoms with E-state index in [0.717, 1.165) is 0 Å². The molecule has 3 N–H and O–H groups in total. The average molecular weight is 377 g/mol. The van der Waals surface area contributed by atoms with Crippen molar-refractivity contribution in [1.29, 1.82) is 0 Å². The number of halogens is 1. The van der Waals surface area contributed by atoms with Gasteiger partial charge < -0.3 is 20.3 Å². The number of hydrogen-bond acceptors (Lipinski definition) is 8. The first kappa shape index (κ1) is 19.0. The molecule has 2 aromatic heterocycles. The monoisotopic (exact) mass is 377 g/mol. The van der Waals surface area contributed by atoms with Crippen LogP contribution in [0.15, 0.2) is 6.33 Å².